The third kappa shape index (κ3) is 3.14. The van der Waals surface area contributed by atoms with Crippen LogP contribution < -0.4 is 14.8 Å². The average Bonchev–Trinajstić information content (AvgIpc) is 2.94. The van der Waals surface area contributed by atoms with Crippen LogP contribution >= 0.6 is 11.6 Å². The molecule has 0 radical (unpaired) electrons. The van der Waals surface area contributed by atoms with E-state index in [4.69, 9.17) is 21.1 Å². The predicted octanol–water partition coefficient (Wildman–Crippen LogP) is 2.15. The Bertz CT molecular complexity index is 434. The van der Waals surface area contributed by atoms with Gasteiger partial charge >= 0.3 is 0 Å². The van der Waals surface area contributed by atoms with Crippen molar-refractivity contribution in [2.75, 3.05) is 34.4 Å². The maximum atomic E-state index is 6.40. The van der Waals surface area contributed by atoms with Crippen molar-refractivity contribution >= 4 is 11.6 Å². The van der Waals surface area contributed by atoms with Crippen molar-refractivity contribution < 1.29 is 9.47 Å². The Hall–Kier alpha value is -0.970. The Morgan fingerprint density at radius 3 is 2.74 bits per heavy atom. The monoisotopic (exact) mass is 284 g/mol. The number of nitrogens with one attached hydrogen (secondary N) is 1. The number of hydrogen-bond donors (Lipinski definition) is 1. The molecule has 0 saturated carbocycles. The molecule has 1 fully saturated rings. The second-order valence-electron chi connectivity index (χ2n) is 4.84. The van der Waals surface area contributed by atoms with Crippen molar-refractivity contribution in [3.05, 3.63) is 22.7 Å². The van der Waals surface area contributed by atoms with E-state index in [9.17, 15) is 0 Å². The molecule has 106 valence electrons. The van der Waals surface area contributed by atoms with Crippen LogP contribution in [0, 0.1) is 0 Å². The fourth-order valence-corrected chi connectivity index (χ4v) is 2.76. The zero-order valence-corrected chi connectivity index (χ0v) is 12.5. The molecule has 1 saturated heterocycles. The van der Waals surface area contributed by atoms with Crippen molar-refractivity contribution in [3.8, 4) is 11.5 Å². The first-order chi connectivity index (χ1) is 9.17. The van der Waals surface area contributed by atoms with Crippen molar-refractivity contribution in [2.45, 2.75) is 19.0 Å². The van der Waals surface area contributed by atoms with Crippen LogP contribution in [0.3, 0.4) is 0 Å². The van der Waals surface area contributed by atoms with E-state index in [0.717, 1.165) is 25.2 Å². The second-order valence-corrected chi connectivity index (χ2v) is 5.21. The predicted molar refractivity (Wildman–Crippen MR) is 77.3 cm³/mol. The van der Waals surface area contributed by atoms with Crippen molar-refractivity contribution in [2.24, 2.45) is 0 Å². The molecule has 1 aromatic carbocycles. The third-order valence-corrected chi connectivity index (χ3v) is 4.06. The molecule has 19 heavy (non-hydrogen) atoms. The van der Waals surface area contributed by atoms with Crippen LogP contribution in [0.1, 0.15) is 12.0 Å². The summed E-state index contributed by atoms with van der Waals surface area (Å²) in [5.41, 5.74) is 1.06. The van der Waals surface area contributed by atoms with E-state index in [1.54, 1.807) is 14.2 Å². The van der Waals surface area contributed by atoms with Gasteiger partial charge in [-0.15, -0.1) is 0 Å². The summed E-state index contributed by atoms with van der Waals surface area (Å²) in [6.45, 7) is 2.95. The minimum Gasteiger partial charge on any atom is -0.493 e. The van der Waals surface area contributed by atoms with Crippen molar-refractivity contribution in [1.82, 2.24) is 10.2 Å². The summed E-state index contributed by atoms with van der Waals surface area (Å²) in [4.78, 5) is 2.33. The Labute approximate surface area is 119 Å². The zero-order valence-electron chi connectivity index (χ0n) is 11.7. The molecule has 2 rings (SSSR count). The van der Waals surface area contributed by atoms with Gasteiger partial charge in [-0.2, -0.15) is 0 Å². The number of rotatable bonds is 5. The van der Waals surface area contributed by atoms with Crippen molar-refractivity contribution in [3.63, 3.8) is 0 Å². The fraction of sp³-hybridized carbons (Fsp3) is 0.571. The van der Waals surface area contributed by atoms with E-state index in [2.05, 4.69) is 17.3 Å². The quantitative estimate of drug-likeness (QED) is 0.898. The molecule has 1 N–H and O–H groups in total. The van der Waals surface area contributed by atoms with E-state index in [-0.39, 0.29) is 0 Å². The molecule has 0 aromatic heterocycles. The van der Waals surface area contributed by atoms with Gasteiger partial charge in [-0.25, -0.2) is 0 Å². The molecule has 0 bridgehead atoms. The molecule has 1 aliphatic heterocycles. The van der Waals surface area contributed by atoms with Crippen LogP contribution in [0.25, 0.3) is 0 Å². The van der Waals surface area contributed by atoms with Gasteiger partial charge < -0.3 is 14.8 Å². The third-order valence-electron chi connectivity index (χ3n) is 3.64. The minimum absolute atomic E-state index is 0.573. The molecular weight excluding hydrogens is 264 g/mol. The Morgan fingerprint density at radius 2 is 2.16 bits per heavy atom. The number of likely N-dealkylation sites (N-methyl/N-ethyl adjacent to an activating group) is 1. The average molecular weight is 285 g/mol. The molecule has 1 aliphatic rings. The van der Waals surface area contributed by atoms with E-state index >= 15 is 0 Å². The van der Waals surface area contributed by atoms with Gasteiger partial charge in [0.25, 0.3) is 0 Å². The summed E-state index contributed by atoms with van der Waals surface area (Å²) in [5.74, 6) is 1.28. The van der Waals surface area contributed by atoms with E-state index in [0.29, 0.717) is 22.6 Å². The summed E-state index contributed by atoms with van der Waals surface area (Å²) in [6, 6.07) is 4.48. The fourth-order valence-electron chi connectivity index (χ4n) is 2.47. The number of methoxy groups -OCH3 is 2. The molecule has 1 heterocycles. The minimum atomic E-state index is 0.573. The van der Waals surface area contributed by atoms with E-state index < -0.39 is 0 Å². The van der Waals surface area contributed by atoms with E-state index in [1.165, 1.54) is 6.42 Å². The second kappa shape index (κ2) is 6.46. The van der Waals surface area contributed by atoms with Gasteiger partial charge in [-0.3, -0.25) is 4.90 Å². The highest BCUT2D eigenvalue weighted by Gasteiger charge is 2.21. The van der Waals surface area contributed by atoms with Crippen LogP contribution in [0.15, 0.2) is 12.1 Å². The van der Waals surface area contributed by atoms with Gasteiger partial charge in [0.15, 0.2) is 11.5 Å². The number of ether oxygens (including phenoxy) is 2. The van der Waals surface area contributed by atoms with Gasteiger partial charge in [0.1, 0.15) is 0 Å². The highest BCUT2D eigenvalue weighted by molar-refractivity contribution is 6.33. The highest BCUT2D eigenvalue weighted by atomic mass is 35.5. The lowest BCUT2D eigenvalue weighted by molar-refractivity contribution is 0.248. The molecule has 1 atom stereocenters. The summed E-state index contributed by atoms with van der Waals surface area (Å²) in [5, 5.41) is 4.01. The molecule has 0 amide bonds. The molecule has 1 unspecified atom stereocenters. The Kier molecular flexibility index (Phi) is 4.91. The first-order valence-corrected chi connectivity index (χ1v) is 6.85. The molecule has 5 heteroatoms. The number of hydrogen-bond acceptors (Lipinski definition) is 4. The first kappa shape index (κ1) is 14.4. The van der Waals surface area contributed by atoms with E-state index in [1.807, 2.05) is 12.1 Å². The van der Waals surface area contributed by atoms with Gasteiger partial charge in [0, 0.05) is 19.1 Å². The maximum Gasteiger partial charge on any atom is 0.179 e. The molecule has 4 nitrogen and oxygen atoms in total. The summed E-state index contributed by atoms with van der Waals surface area (Å²) in [6.07, 6.45) is 1.18. The van der Waals surface area contributed by atoms with Crippen LogP contribution in [-0.2, 0) is 6.54 Å². The first-order valence-electron chi connectivity index (χ1n) is 6.47. The molecule has 0 aliphatic carbocycles. The topological polar surface area (TPSA) is 33.7 Å². The van der Waals surface area contributed by atoms with Crippen LogP contribution in [0.2, 0.25) is 5.02 Å². The SMILES string of the molecule is COc1ccc(CN(C)C2CCNC2)c(Cl)c1OC. The summed E-state index contributed by atoms with van der Waals surface area (Å²) in [7, 11) is 5.35. The highest BCUT2D eigenvalue weighted by Crippen LogP contribution is 2.37. The van der Waals surface area contributed by atoms with Gasteiger partial charge in [0.05, 0.1) is 19.2 Å². The maximum absolute atomic E-state index is 6.40. The number of halogens is 1. The lowest BCUT2D eigenvalue weighted by atomic mass is 10.1. The summed E-state index contributed by atoms with van der Waals surface area (Å²) >= 11 is 6.40. The number of benzene rings is 1. The van der Waals surface area contributed by atoms with Gasteiger partial charge in [-0.1, -0.05) is 17.7 Å². The Balaban J connectivity index is 2.15. The van der Waals surface area contributed by atoms with Crippen LogP contribution in [0.4, 0.5) is 0 Å². The van der Waals surface area contributed by atoms with Crippen LogP contribution in [0.5, 0.6) is 11.5 Å². The molecule has 1 aromatic rings. The largest absolute Gasteiger partial charge is 0.493 e. The standard InChI is InChI=1S/C14H21ClN2O2/c1-17(11-6-7-16-8-11)9-10-4-5-12(18-2)14(19-3)13(10)15/h4-5,11,16H,6-9H2,1-3H3. The Morgan fingerprint density at radius 1 is 1.37 bits per heavy atom. The zero-order chi connectivity index (χ0) is 13.8. The molecular formula is C14H21ClN2O2. The van der Waals surface area contributed by atoms with Gasteiger partial charge in [-0.05, 0) is 31.6 Å². The lowest BCUT2D eigenvalue weighted by Gasteiger charge is -2.24. The van der Waals surface area contributed by atoms with Crippen LogP contribution in [-0.4, -0.2) is 45.3 Å². The van der Waals surface area contributed by atoms with Gasteiger partial charge in [0.2, 0.25) is 0 Å². The summed E-state index contributed by atoms with van der Waals surface area (Å²) < 4.78 is 10.6. The van der Waals surface area contributed by atoms with Crippen molar-refractivity contribution in [1.29, 1.82) is 0 Å². The lowest BCUT2D eigenvalue weighted by Crippen LogP contribution is -2.32. The normalized spacial score (nSPS) is 18.9. The molecule has 0 spiro atoms. The number of nitrogens with zero attached hydrogens (tertiary/aromatic N) is 1. The smallest absolute Gasteiger partial charge is 0.179 e.